The van der Waals surface area contributed by atoms with Crippen molar-refractivity contribution in [3.05, 3.63) is 65.2 Å². The molecule has 2 heterocycles. The summed E-state index contributed by atoms with van der Waals surface area (Å²) >= 11 is 3.17. The quantitative estimate of drug-likeness (QED) is 0.331. The molecule has 0 unspecified atom stereocenters. The number of hydrogen-bond acceptors (Lipinski definition) is 5. The molecule has 154 valence electrons. The number of rotatable bonds is 7. The minimum absolute atomic E-state index is 0.0411. The summed E-state index contributed by atoms with van der Waals surface area (Å²) in [5, 5.41) is 3.72. The third-order valence-electron chi connectivity index (χ3n) is 4.93. The van der Waals surface area contributed by atoms with Gasteiger partial charge in [-0.2, -0.15) is 0 Å². The van der Waals surface area contributed by atoms with Crippen molar-refractivity contribution in [2.75, 3.05) is 4.90 Å². The SMILES string of the molecule is CCc1ccc(N(C(C)=O)c2nc(CSc3nc4ccccc4n3CC)cs2)cc1. The number of carbonyl (C=O) groups is 1. The maximum Gasteiger partial charge on any atom is 0.230 e. The highest BCUT2D eigenvalue weighted by molar-refractivity contribution is 7.98. The average molecular weight is 437 g/mol. The van der Waals surface area contributed by atoms with Crippen LogP contribution in [-0.4, -0.2) is 20.4 Å². The normalized spacial score (nSPS) is 11.2. The zero-order valence-electron chi connectivity index (χ0n) is 17.3. The third-order valence-corrected chi connectivity index (χ3v) is 6.82. The van der Waals surface area contributed by atoms with Crippen molar-refractivity contribution in [2.45, 2.75) is 44.6 Å². The number of thioether (sulfide) groups is 1. The number of anilines is 2. The Morgan fingerprint density at radius 1 is 1.10 bits per heavy atom. The monoisotopic (exact) mass is 436 g/mol. The van der Waals surface area contributed by atoms with Gasteiger partial charge in [0.1, 0.15) is 0 Å². The molecule has 1 amide bonds. The van der Waals surface area contributed by atoms with Gasteiger partial charge >= 0.3 is 0 Å². The first-order valence-corrected chi connectivity index (χ1v) is 11.9. The third kappa shape index (κ3) is 4.13. The lowest BCUT2D eigenvalue weighted by Crippen LogP contribution is -2.22. The van der Waals surface area contributed by atoms with Crippen molar-refractivity contribution < 1.29 is 4.79 Å². The van der Waals surface area contributed by atoms with Gasteiger partial charge < -0.3 is 4.57 Å². The van der Waals surface area contributed by atoms with E-state index in [1.807, 2.05) is 35.7 Å². The highest BCUT2D eigenvalue weighted by atomic mass is 32.2. The van der Waals surface area contributed by atoms with Crippen LogP contribution in [-0.2, 0) is 23.5 Å². The van der Waals surface area contributed by atoms with E-state index in [4.69, 9.17) is 9.97 Å². The van der Waals surface area contributed by atoms with E-state index in [-0.39, 0.29) is 5.91 Å². The standard InChI is InChI=1S/C23H24N4OS2/c1-4-17-10-12-19(13-11-17)27(16(3)28)23-24-18(15-30-23)14-29-22-25-20-8-6-7-9-21(20)26(22)5-2/h6-13,15H,4-5,14H2,1-3H3. The Morgan fingerprint density at radius 3 is 2.57 bits per heavy atom. The van der Waals surface area contributed by atoms with Crippen LogP contribution in [0.1, 0.15) is 32.0 Å². The van der Waals surface area contributed by atoms with Crippen molar-refractivity contribution in [1.82, 2.24) is 14.5 Å². The molecule has 30 heavy (non-hydrogen) atoms. The van der Waals surface area contributed by atoms with E-state index in [9.17, 15) is 4.79 Å². The summed E-state index contributed by atoms with van der Waals surface area (Å²) in [7, 11) is 0. The second-order valence-corrected chi connectivity index (χ2v) is 8.69. The molecule has 0 spiro atoms. The summed E-state index contributed by atoms with van der Waals surface area (Å²) in [6, 6.07) is 16.3. The van der Waals surface area contributed by atoms with Gasteiger partial charge in [-0.15, -0.1) is 11.3 Å². The fourth-order valence-corrected chi connectivity index (χ4v) is 5.34. The molecule has 2 aromatic heterocycles. The first-order valence-electron chi connectivity index (χ1n) is 10.0. The van der Waals surface area contributed by atoms with Crippen molar-refractivity contribution in [3.8, 4) is 0 Å². The van der Waals surface area contributed by atoms with Crippen LogP contribution in [0.3, 0.4) is 0 Å². The molecule has 4 aromatic rings. The Morgan fingerprint density at radius 2 is 1.87 bits per heavy atom. The Kier molecular flexibility index (Phi) is 6.20. The molecule has 0 saturated carbocycles. The number of thiazole rings is 1. The zero-order chi connectivity index (χ0) is 21.1. The van der Waals surface area contributed by atoms with E-state index >= 15 is 0 Å². The zero-order valence-corrected chi connectivity index (χ0v) is 19.0. The maximum absolute atomic E-state index is 12.3. The van der Waals surface area contributed by atoms with Gasteiger partial charge in [-0.05, 0) is 43.2 Å². The van der Waals surface area contributed by atoms with Crippen LogP contribution >= 0.6 is 23.1 Å². The van der Waals surface area contributed by atoms with E-state index in [1.165, 1.54) is 16.9 Å². The lowest BCUT2D eigenvalue weighted by Gasteiger charge is -2.18. The highest BCUT2D eigenvalue weighted by Gasteiger charge is 2.18. The van der Waals surface area contributed by atoms with Gasteiger partial charge in [-0.3, -0.25) is 9.69 Å². The van der Waals surface area contributed by atoms with Crippen LogP contribution in [0.2, 0.25) is 0 Å². The lowest BCUT2D eigenvalue weighted by molar-refractivity contribution is -0.115. The summed E-state index contributed by atoms with van der Waals surface area (Å²) < 4.78 is 2.23. The Labute approximate surface area is 184 Å². The number of fused-ring (bicyclic) bond motifs is 1. The number of carbonyl (C=O) groups excluding carboxylic acids is 1. The average Bonchev–Trinajstić information content (AvgIpc) is 3.36. The summed E-state index contributed by atoms with van der Waals surface area (Å²) in [5.74, 6) is 0.668. The molecule has 0 bridgehead atoms. The number of hydrogen-bond donors (Lipinski definition) is 0. The first kappa shape index (κ1) is 20.6. The topological polar surface area (TPSA) is 51.0 Å². The highest BCUT2D eigenvalue weighted by Crippen LogP contribution is 2.32. The number of para-hydroxylation sites is 2. The Bertz CT molecular complexity index is 1160. The molecule has 4 rings (SSSR count). The second-order valence-electron chi connectivity index (χ2n) is 6.91. The molecular weight excluding hydrogens is 412 g/mol. The number of amides is 1. The number of nitrogens with zero attached hydrogens (tertiary/aromatic N) is 4. The van der Waals surface area contributed by atoms with Crippen LogP contribution in [0.25, 0.3) is 11.0 Å². The fraction of sp³-hybridized carbons (Fsp3) is 0.261. The Balaban J connectivity index is 1.54. The Hall–Kier alpha value is -2.64. The molecule has 0 aliphatic carbocycles. The molecule has 7 heteroatoms. The first-order chi connectivity index (χ1) is 14.6. The van der Waals surface area contributed by atoms with Gasteiger partial charge in [0.25, 0.3) is 0 Å². The minimum atomic E-state index is -0.0411. The fourth-order valence-electron chi connectivity index (χ4n) is 3.38. The number of imidazole rings is 1. The molecule has 0 fully saturated rings. The van der Waals surface area contributed by atoms with Crippen molar-refractivity contribution in [3.63, 3.8) is 0 Å². The van der Waals surface area contributed by atoms with Gasteiger partial charge in [0, 0.05) is 24.6 Å². The molecule has 2 aromatic carbocycles. The molecule has 0 radical (unpaired) electrons. The van der Waals surface area contributed by atoms with Crippen molar-refractivity contribution in [1.29, 1.82) is 0 Å². The van der Waals surface area contributed by atoms with E-state index < -0.39 is 0 Å². The largest absolute Gasteiger partial charge is 0.319 e. The summed E-state index contributed by atoms with van der Waals surface area (Å²) in [6.07, 6.45) is 0.974. The summed E-state index contributed by atoms with van der Waals surface area (Å²) in [6.45, 7) is 6.70. The molecule has 0 saturated heterocycles. The number of aryl methyl sites for hydroxylation is 2. The minimum Gasteiger partial charge on any atom is -0.319 e. The van der Waals surface area contributed by atoms with Crippen LogP contribution in [0, 0.1) is 0 Å². The second kappa shape index (κ2) is 9.02. The summed E-state index contributed by atoms with van der Waals surface area (Å²) in [5.41, 5.74) is 5.21. The van der Waals surface area contributed by atoms with Gasteiger partial charge in [0.15, 0.2) is 10.3 Å². The van der Waals surface area contributed by atoms with Crippen LogP contribution in [0.15, 0.2) is 59.1 Å². The predicted molar refractivity (Wildman–Crippen MR) is 126 cm³/mol. The van der Waals surface area contributed by atoms with Gasteiger partial charge in [-0.1, -0.05) is 43.0 Å². The van der Waals surface area contributed by atoms with E-state index in [2.05, 4.69) is 36.6 Å². The molecule has 0 aliphatic heterocycles. The maximum atomic E-state index is 12.3. The predicted octanol–water partition coefficient (Wildman–Crippen LogP) is 6.05. The molecule has 5 nitrogen and oxygen atoms in total. The van der Waals surface area contributed by atoms with E-state index in [1.54, 1.807) is 23.6 Å². The number of benzene rings is 2. The van der Waals surface area contributed by atoms with Crippen molar-refractivity contribution >= 4 is 50.9 Å². The molecule has 0 aliphatic rings. The molecule has 0 atom stereocenters. The smallest absolute Gasteiger partial charge is 0.230 e. The van der Waals surface area contributed by atoms with Crippen LogP contribution < -0.4 is 4.90 Å². The molecule has 0 N–H and O–H groups in total. The van der Waals surface area contributed by atoms with Crippen LogP contribution in [0.5, 0.6) is 0 Å². The van der Waals surface area contributed by atoms with Crippen molar-refractivity contribution in [2.24, 2.45) is 0 Å². The van der Waals surface area contributed by atoms with E-state index in [0.717, 1.165) is 40.5 Å². The van der Waals surface area contributed by atoms with Gasteiger partial charge in [0.2, 0.25) is 5.91 Å². The van der Waals surface area contributed by atoms with Crippen LogP contribution in [0.4, 0.5) is 10.8 Å². The molecular formula is C23H24N4OS2. The van der Waals surface area contributed by atoms with Gasteiger partial charge in [-0.25, -0.2) is 9.97 Å². The summed E-state index contributed by atoms with van der Waals surface area (Å²) in [4.78, 5) is 23.5. The lowest BCUT2D eigenvalue weighted by atomic mass is 10.1. The van der Waals surface area contributed by atoms with E-state index in [0.29, 0.717) is 10.9 Å². The van der Waals surface area contributed by atoms with Gasteiger partial charge in [0.05, 0.1) is 22.4 Å². The number of aromatic nitrogens is 3.